The van der Waals surface area contributed by atoms with Gasteiger partial charge in [-0.1, -0.05) is 18.9 Å². The fraction of sp³-hybridized carbons (Fsp3) is 0.552. The van der Waals surface area contributed by atoms with Crippen LogP contribution in [0.1, 0.15) is 106 Å². The molecule has 3 rings (SSSR count). The van der Waals surface area contributed by atoms with Crippen molar-refractivity contribution in [3.05, 3.63) is 29.3 Å². The van der Waals surface area contributed by atoms with Gasteiger partial charge in [0.1, 0.15) is 24.2 Å². The first kappa shape index (κ1) is 30.6. The molecule has 0 aromatic heterocycles. The van der Waals surface area contributed by atoms with Gasteiger partial charge in [-0.3, -0.25) is 43.8 Å². The van der Waals surface area contributed by atoms with Crippen molar-refractivity contribution >= 4 is 41.1 Å². The Morgan fingerprint density at radius 2 is 1.60 bits per heavy atom. The summed E-state index contributed by atoms with van der Waals surface area (Å²) in [5, 5.41) is 4.98. The lowest BCUT2D eigenvalue weighted by Crippen LogP contribution is -2.54. The van der Waals surface area contributed by atoms with Crippen molar-refractivity contribution in [2.45, 2.75) is 96.6 Å². The number of unbranched alkanes of at least 4 members (excludes halogenated alkanes) is 3. The number of hydrogen-bond donors (Lipinski definition) is 2. The number of benzene rings is 1. The molecule has 1 aromatic carbocycles. The summed E-state index contributed by atoms with van der Waals surface area (Å²) in [6, 6.07) is 3.41. The fourth-order valence-electron chi connectivity index (χ4n) is 4.69. The van der Waals surface area contributed by atoms with Crippen molar-refractivity contribution in [2.75, 3.05) is 6.61 Å². The minimum Gasteiger partial charge on any atom is -0.485 e. The van der Waals surface area contributed by atoms with E-state index in [1.807, 2.05) is 20.8 Å². The van der Waals surface area contributed by atoms with Gasteiger partial charge in [0.25, 0.3) is 11.8 Å². The Labute approximate surface area is 233 Å². The molecule has 0 bridgehead atoms. The molecule has 11 nitrogen and oxygen atoms in total. The molecule has 0 radical (unpaired) electrons. The number of fused-ring (bicyclic) bond motifs is 1. The number of Topliss-reactive ketones (excluding diaryl/α,β-unsaturated/α-hetero) is 2. The van der Waals surface area contributed by atoms with E-state index in [0.717, 1.165) is 17.7 Å². The average molecular weight is 556 g/mol. The molecule has 2 N–H and O–H groups in total. The summed E-state index contributed by atoms with van der Waals surface area (Å²) in [4.78, 5) is 86.7. The first-order valence-electron chi connectivity index (χ1n) is 13.7. The third-order valence-corrected chi connectivity index (χ3v) is 6.63. The van der Waals surface area contributed by atoms with Crippen molar-refractivity contribution in [3.8, 4) is 5.75 Å². The van der Waals surface area contributed by atoms with E-state index in [-0.39, 0.29) is 78.6 Å². The Hall–Kier alpha value is -3.89. The van der Waals surface area contributed by atoms with Gasteiger partial charge in [0.05, 0.1) is 11.1 Å². The number of nitrogens with one attached hydrogen (secondary N) is 2. The van der Waals surface area contributed by atoms with Crippen LogP contribution in [0.15, 0.2) is 18.2 Å². The number of amides is 5. The highest BCUT2D eigenvalue weighted by atomic mass is 16.5. The number of ketones is 2. The number of rotatable bonds is 14. The van der Waals surface area contributed by atoms with E-state index in [0.29, 0.717) is 19.3 Å². The Morgan fingerprint density at radius 3 is 2.25 bits per heavy atom. The lowest BCUT2D eigenvalue weighted by molar-refractivity contribution is -0.136. The first-order chi connectivity index (χ1) is 18.9. The molecule has 0 spiro atoms. The summed E-state index contributed by atoms with van der Waals surface area (Å²) in [6.07, 6.45) is 4.02. The topological polar surface area (TPSA) is 156 Å². The Kier molecular flexibility index (Phi) is 10.3. The number of piperidine rings is 1. The van der Waals surface area contributed by atoms with Crippen LogP contribution < -0.4 is 15.4 Å². The zero-order chi connectivity index (χ0) is 29.4. The molecule has 1 unspecified atom stereocenters. The molecule has 216 valence electrons. The summed E-state index contributed by atoms with van der Waals surface area (Å²) < 4.78 is 5.61. The molecule has 1 fully saturated rings. The number of imide groups is 2. The molecule has 1 atom stereocenters. The smallest absolute Gasteiger partial charge is 0.266 e. The van der Waals surface area contributed by atoms with Crippen LogP contribution in [0.2, 0.25) is 0 Å². The van der Waals surface area contributed by atoms with Crippen LogP contribution in [0, 0.1) is 0 Å². The minimum absolute atomic E-state index is 0.00514. The van der Waals surface area contributed by atoms with E-state index < -0.39 is 29.7 Å². The van der Waals surface area contributed by atoms with E-state index in [4.69, 9.17) is 4.74 Å². The predicted molar refractivity (Wildman–Crippen MR) is 143 cm³/mol. The van der Waals surface area contributed by atoms with E-state index in [1.54, 1.807) is 0 Å². The molecule has 2 heterocycles. The van der Waals surface area contributed by atoms with Crippen molar-refractivity contribution in [1.82, 2.24) is 15.5 Å². The third-order valence-electron chi connectivity index (χ3n) is 6.63. The Balaban J connectivity index is 1.38. The van der Waals surface area contributed by atoms with Crippen molar-refractivity contribution in [1.29, 1.82) is 0 Å². The maximum absolute atomic E-state index is 13.1. The third kappa shape index (κ3) is 8.30. The molecule has 1 aromatic rings. The standard InChI is InChI=1S/C29H37N3O8/c1-29(2,3)31-24(36)15-13-18(33)9-6-4-5-7-10-19(34)17-40-22-12-8-11-20-25(22)28(39)32(27(20)38)21-14-16-23(35)30-26(21)37/h8,11-12,21H,4-7,9-10,13-17H2,1-3H3,(H,31,36)(H,30,35,37). The van der Waals surface area contributed by atoms with Gasteiger partial charge >= 0.3 is 0 Å². The van der Waals surface area contributed by atoms with Gasteiger partial charge in [0.2, 0.25) is 17.7 Å². The molecule has 2 aliphatic rings. The summed E-state index contributed by atoms with van der Waals surface area (Å²) >= 11 is 0. The molecule has 2 aliphatic heterocycles. The van der Waals surface area contributed by atoms with Crippen LogP contribution in [-0.2, 0) is 24.0 Å². The molecule has 1 saturated heterocycles. The van der Waals surface area contributed by atoms with E-state index in [1.165, 1.54) is 18.2 Å². The number of hydrogen-bond acceptors (Lipinski definition) is 8. The maximum Gasteiger partial charge on any atom is 0.266 e. The first-order valence-corrected chi connectivity index (χ1v) is 13.7. The van der Waals surface area contributed by atoms with Crippen molar-refractivity contribution < 1.29 is 38.3 Å². The van der Waals surface area contributed by atoms with E-state index in [9.17, 15) is 33.6 Å². The van der Waals surface area contributed by atoms with Crippen LogP contribution in [0.5, 0.6) is 5.75 Å². The predicted octanol–water partition coefficient (Wildman–Crippen LogP) is 2.64. The van der Waals surface area contributed by atoms with Gasteiger partial charge < -0.3 is 10.1 Å². The Morgan fingerprint density at radius 1 is 0.925 bits per heavy atom. The van der Waals surface area contributed by atoms with E-state index in [2.05, 4.69) is 10.6 Å². The largest absolute Gasteiger partial charge is 0.485 e. The van der Waals surface area contributed by atoms with E-state index >= 15 is 0 Å². The lowest BCUT2D eigenvalue weighted by atomic mass is 10.0. The Bertz CT molecular complexity index is 1200. The molecule has 0 saturated carbocycles. The van der Waals surface area contributed by atoms with Crippen LogP contribution in [0.25, 0.3) is 0 Å². The molecular weight excluding hydrogens is 518 g/mol. The second-order valence-electron chi connectivity index (χ2n) is 11.2. The van der Waals surface area contributed by atoms with Crippen LogP contribution in [0.4, 0.5) is 0 Å². The van der Waals surface area contributed by atoms with Crippen LogP contribution in [-0.4, -0.2) is 64.2 Å². The summed E-state index contributed by atoms with van der Waals surface area (Å²) in [7, 11) is 0. The van der Waals surface area contributed by atoms with Gasteiger partial charge in [-0.25, -0.2) is 0 Å². The van der Waals surface area contributed by atoms with Crippen LogP contribution in [0.3, 0.4) is 0 Å². The van der Waals surface area contributed by atoms with Gasteiger partial charge in [0, 0.05) is 37.6 Å². The number of ether oxygens (including phenoxy) is 1. The highest BCUT2D eigenvalue weighted by molar-refractivity contribution is 6.24. The SMILES string of the molecule is CC(C)(C)NC(=O)CCC(=O)CCCCCCC(=O)COc1cccc2c1C(=O)N(C1CCC(=O)NC1=O)C2=O. The monoisotopic (exact) mass is 555 g/mol. The van der Waals surface area contributed by atoms with Crippen molar-refractivity contribution in [2.24, 2.45) is 0 Å². The molecule has 11 heteroatoms. The molecule has 40 heavy (non-hydrogen) atoms. The van der Waals surface area contributed by atoms with Crippen LogP contribution >= 0.6 is 0 Å². The zero-order valence-corrected chi connectivity index (χ0v) is 23.3. The normalized spacial score (nSPS) is 17.0. The second-order valence-corrected chi connectivity index (χ2v) is 11.2. The summed E-state index contributed by atoms with van der Waals surface area (Å²) in [6.45, 7) is 5.39. The van der Waals surface area contributed by atoms with Crippen molar-refractivity contribution in [3.63, 3.8) is 0 Å². The molecule has 5 amide bonds. The summed E-state index contributed by atoms with van der Waals surface area (Å²) in [5.74, 6) is -2.65. The zero-order valence-electron chi connectivity index (χ0n) is 23.3. The number of carbonyl (C=O) groups is 7. The second kappa shape index (κ2) is 13.5. The maximum atomic E-state index is 13.1. The van der Waals surface area contributed by atoms with Gasteiger partial charge in [0.15, 0.2) is 5.78 Å². The molecular formula is C29H37N3O8. The highest BCUT2D eigenvalue weighted by Gasteiger charge is 2.46. The van der Waals surface area contributed by atoms with Gasteiger partial charge in [-0.15, -0.1) is 0 Å². The lowest BCUT2D eigenvalue weighted by Gasteiger charge is -2.27. The molecule has 0 aliphatic carbocycles. The summed E-state index contributed by atoms with van der Waals surface area (Å²) in [5.41, 5.74) is -0.228. The highest BCUT2D eigenvalue weighted by Crippen LogP contribution is 2.33. The number of carbonyl (C=O) groups excluding carboxylic acids is 7. The average Bonchev–Trinajstić information content (AvgIpc) is 3.13. The fourth-order valence-corrected chi connectivity index (χ4v) is 4.69. The quantitative estimate of drug-likeness (QED) is 0.262. The number of nitrogens with zero attached hydrogens (tertiary/aromatic N) is 1. The van der Waals surface area contributed by atoms with Gasteiger partial charge in [-0.05, 0) is 52.2 Å². The van der Waals surface area contributed by atoms with Gasteiger partial charge in [-0.2, -0.15) is 0 Å². The minimum atomic E-state index is -1.08.